The van der Waals surface area contributed by atoms with Gasteiger partial charge in [-0.2, -0.15) is 0 Å². The van der Waals surface area contributed by atoms with Crippen molar-refractivity contribution in [2.24, 2.45) is 45.3 Å². The van der Waals surface area contributed by atoms with Gasteiger partial charge in [-0.05, 0) is 126 Å². The van der Waals surface area contributed by atoms with Gasteiger partial charge < -0.3 is 24.4 Å². The van der Waals surface area contributed by atoms with Gasteiger partial charge in [-0.1, -0.05) is 20.8 Å². The Hall–Kier alpha value is -0.690. The van der Waals surface area contributed by atoms with Crippen molar-refractivity contribution in [3.05, 3.63) is 0 Å². The molecule has 3 saturated carbocycles. The van der Waals surface area contributed by atoms with Crippen LogP contribution in [0.3, 0.4) is 0 Å². The highest BCUT2D eigenvalue weighted by atomic mass is 16.7. The number of methoxy groups -OCH3 is 2. The second-order valence-electron chi connectivity index (χ2n) is 15.6. The molecule has 0 amide bonds. The summed E-state index contributed by atoms with van der Waals surface area (Å²) in [7, 11) is 3.39. The van der Waals surface area contributed by atoms with Gasteiger partial charge in [0, 0.05) is 20.6 Å². The molecular formula is C32H56O6. The van der Waals surface area contributed by atoms with E-state index in [0.717, 1.165) is 44.9 Å². The van der Waals surface area contributed by atoms with Crippen LogP contribution in [0.15, 0.2) is 0 Å². The first kappa shape index (κ1) is 30.3. The second-order valence-corrected chi connectivity index (χ2v) is 15.6. The van der Waals surface area contributed by atoms with Crippen molar-refractivity contribution in [3.63, 3.8) is 0 Å². The molecule has 4 fully saturated rings. The Kier molecular flexibility index (Phi) is 7.73. The summed E-state index contributed by atoms with van der Waals surface area (Å²) < 4.78 is 18.2. The predicted molar refractivity (Wildman–Crippen MR) is 149 cm³/mol. The summed E-state index contributed by atoms with van der Waals surface area (Å²) in [5, 5.41) is 21.0. The minimum absolute atomic E-state index is 0.0407. The van der Waals surface area contributed by atoms with Crippen molar-refractivity contribution in [3.8, 4) is 0 Å². The molecule has 2 N–H and O–H groups in total. The number of fused-ring (bicyclic) bond motifs is 3. The van der Waals surface area contributed by atoms with Gasteiger partial charge in [0.25, 0.3) is 0 Å². The highest BCUT2D eigenvalue weighted by Gasteiger charge is 2.69. The van der Waals surface area contributed by atoms with E-state index in [1.54, 1.807) is 14.2 Å². The van der Waals surface area contributed by atoms with Gasteiger partial charge in [0.05, 0.1) is 22.7 Å². The molecule has 0 spiro atoms. The smallest absolute Gasteiger partial charge is 0.309 e. The lowest BCUT2D eigenvalue weighted by Crippen LogP contribution is -2.62. The first-order chi connectivity index (χ1) is 17.4. The molecule has 3 aliphatic carbocycles. The third-order valence-electron chi connectivity index (χ3n) is 13.1. The maximum Gasteiger partial charge on any atom is 0.309 e. The lowest BCUT2D eigenvalue weighted by molar-refractivity contribution is -0.226. The van der Waals surface area contributed by atoms with Gasteiger partial charge in [-0.3, -0.25) is 4.79 Å². The van der Waals surface area contributed by atoms with Crippen LogP contribution in [0.5, 0.6) is 0 Å². The number of hydrogen-bond donors (Lipinski definition) is 2. The molecule has 0 aromatic rings. The van der Waals surface area contributed by atoms with Crippen LogP contribution in [0, 0.1) is 45.3 Å². The minimum atomic E-state index is -0.824. The first-order valence-corrected chi connectivity index (χ1v) is 15.1. The van der Waals surface area contributed by atoms with Crippen molar-refractivity contribution in [2.75, 3.05) is 14.2 Å². The van der Waals surface area contributed by atoms with Gasteiger partial charge in [0.15, 0.2) is 6.29 Å². The Morgan fingerprint density at radius 1 is 0.895 bits per heavy atom. The molecule has 1 heterocycles. The Morgan fingerprint density at radius 3 is 2.03 bits per heavy atom. The molecule has 9 atom stereocenters. The summed E-state index contributed by atoms with van der Waals surface area (Å²) >= 11 is 0. The molecular weight excluding hydrogens is 480 g/mol. The average Bonchev–Trinajstić information content (AvgIpc) is 3.39. The lowest BCUT2D eigenvalue weighted by atomic mass is 9.37. The van der Waals surface area contributed by atoms with E-state index >= 15 is 0 Å². The first-order valence-electron chi connectivity index (χ1n) is 15.1. The predicted octanol–water partition coefficient (Wildman–Crippen LogP) is 6.68. The molecule has 1 aliphatic heterocycles. The molecule has 4 aliphatic rings. The minimum Gasteiger partial charge on any atom is -0.481 e. The number of hydrogen-bond acceptors (Lipinski definition) is 5. The highest BCUT2D eigenvalue weighted by Crippen LogP contribution is 2.75. The topological polar surface area (TPSA) is 85.2 Å². The molecule has 6 nitrogen and oxygen atoms in total. The largest absolute Gasteiger partial charge is 0.481 e. The van der Waals surface area contributed by atoms with Crippen LogP contribution < -0.4 is 0 Å². The number of carboxylic acids is 1. The molecule has 0 bridgehead atoms. The number of aliphatic hydroxyl groups is 1. The van der Waals surface area contributed by atoms with E-state index in [1.165, 1.54) is 6.42 Å². The Labute approximate surface area is 231 Å². The molecule has 220 valence electrons. The Bertz CT molecular complexity index is 891. The molecule has 0 unspecified atom stereocenters. The van der Waals surface area contributed by atoms with Gasteiger partial charge in [0.2, 0.25) is 0 Å². The maximum atomic E-state index is 12.5. The van der Waals surface area contributed by atoms with E-state index in [-0.39, 0.29) is 40.2 Å². The average molecular weight is 537 g/mol. The number of aliphatic carboxylic acids is 1. The number of carboxylic acid groups (broad SMARTS) is 1. The fourth-order valence-corrected chi connectivity index (χ4v) is 10.7. The molecule has 1 saturated heterocycles. The van der Waals surface area contributed by atoms with Crippen LogP contribution in [0.25, 0.3) is 0 Å². The fraction of sp³-hybridized carbons (Fsp3) is 0.969. The van der Waals surface area contributed by atoms with E-state index in [2.05, 4.69) is 27.7 Å². The van der Waals surface area contributed by atoms with Crippen LogP contribution >= 0.6 is 0 Å². The Balaban J connectivity index is 1.70. The van der Waals surface area contributed by atoms with E-state index in [9.17, 15) is 15.0 Å². The van der Waals surface area contributed by atoms with E-state index in [4.69, 9.17) is 14.2 Å². The summed E-state index contributed by atoms with van der Waals surface area (Å²) in [6.45, 7) is 17.3. The van der Waals surface area contributed by atoms with Crippen LogP contribution in [0.2, 0.25) is 0 Å². The van der Waals surface area contributed by atoms with E-state index in [1.807, 2.05) is 27.7 Å². The van der Waals surface area contributed by atoms with Crippen LogP contribution in [-0.2, 0) is 19.0 Å². The quantitative estimate of drug-likeness (QED) is 0.337. The zero-order valence-corrected chi connectivity index (χ0v) is 25.9. The third-order valence-corrected chi connectivity index (χ3v) is 13.1. The highest BCUT2D eigenvalue weighted by molar-refractivity contribution is 5.74. The number of ether oxygens (including phenoxy) is 3. The van der Waals surface area contributed by atoms with Crippen molar-refractivity contribution in [2.45, 2.75) is 137 Å². The normalized spacial score (nSPS) is 45.7. The molecule has 38 heavy (non-hydrogen) atoms. The van der Waals surface area contributed by atoms with Gasteiger partial charge >= 0.3 is 5.97 Å². The van der Waals surface area contributed by atoms with Gasteiger partial charge in [-0.25, -0.2) is 0 Å². The molecule has 6 heteroatoms. The van der Waals surface area contributed by atoms with Crippen molar-refractivity contribution < 1.29 is 29.2 Å². The van der Waals surface area contributed by atoms with Crippen LogP contribution in [0.4, 0.5) is 0 Å². The summed E-state index contributed by atoms with van der Waals surface area (Å²) in [6.07, 6.45) is 8.74. The lowest BCUT2D eigenvalue weighted by Gasteiger charge is -2.68. The zero-order chi connectivity index (χ0) is 28.5. The van der Waals surface area contributed by atoms with E-state index in [0.29, 0.717) is 24.2 Å². The maximum absolute atomic E-state index is 12.5. The monoisotopic (exact) mass is 536 g/mol. The summed E-state index contributed by atoms with van der Waals surface area (Å²) in [6, 6.07) is 0. The SMILES string of the molecule is COC(C[C@]1(C)[C@H]2CC[C@@H]3[C@@H]([C@@]4(C)CC[C@@H](C(C)(C)O)O4)CC[C@@]3(C)[C@]2(C)CC[C@H]1C(C)(C)C(=O)O)OC. The fourth-order valence-electron chi connectivity index (χ4n) is 10.7. The Morgan fingerprint density at radius 2 is 1.50 bits per heavy atom. The molecule has 0 radical (unpaired) electrons. The standard InChI is InChI=1S/C32H56O6/c1-27(2,26(33)34)22-14-17-31(7)23(29(22,5)19-25(36-9)37-10)12-11-20-21(13-16-30(20,31)6)32(8)18-15-24(38-32)28(3,4)35/h20-25,35H,11-19H2,1-10H3,(H,33,34)/t20-,21+,22+,23-,24+,29+,30-,31-,32-/m1/s1. The number of rotatable bonds is 8. The molecule has 0 aromatic carbocycles. The third kappa shape index (κ3) is 4.39. The second kappa shape index (κ2) is 9.70. The van der Waals surface area contributed by atoms with Crippen LogP contribution in [-0.4, -0.2) is 54.0 Å². The number of carbonyl (C=O) groups is 1. The van der Waals surface area contributed by atoms with Crippen LogP contribution in [0.1, 0.15) is 113 Å². The van der Waals surface area contributed by atoms with Gasteiger partial charge in [0.1, 0.15) is 0 Å². The zero-order valence-electron chi connectivity index (χ0n) is 25.9. The summed E-state index contributed by atoms with van der Waals surface area (Å²) in [5.74, 6) is 0.781. The molecule has 4 rings (SSSR count). The van der Waals surface area contributed by atoms with E-state index < -0.39 is 17.0 Å². The van der Waals surface area contributed by atoms with Crippen molar-refractivity contribution >= 4 is 5.97 Å². The molecule has 0 aromatic heterocycles. The summed E-state index contributed by atoms with van der Waals surface area (Å²) in [4.78, 5) is 12.5. The van der Waals surface area contributed by atoms with Crippen molar-refractivity contribution in [1.29, 1.82) is 0 Å². The van der Waals surface area contributed by atoms with Crippen molar-refractivity contribution in [1.82, 2.24) is 0 Å². The van der Waals surface area contributed by atoms with Gasteiger partial charge in [-0.15, -0.1) is 0 Å². The summed E-state index contributed by atoms with van der Waals surface area (Å²) in [5.41, 5.74) is -1.80.